The van der Waals surface area contributed by atoms with Crippen LogP contribution in [0.5, 0.6) is 0 Å². The number of anilines is 1. The summed E-state index contributed by atoms with van der Waals surface area (Å²) < 4.78 is 14.4. The van der Waals surface area contributed by atoms with Gasteiger partial charge in [0.25, 0.3) is 0 Å². The van der Waals surface area contributed by atoms with Crippen LogP contribution in [0.15, 0.2) is 30.5 Å². The summed E-state index contributed by atoms with van der Waals surface area (Å²) in [5.41, 5.74) is 12.9. The first-order chi connectivity index (χ1) is 7.70. The minimum absolute atomic E-state index is 0.272. The molecule has 4 nitrogen and oxygen atoms in total. The lowest BCUT2D eigenvalue weighted by Gasteiger charge is -1.99. The molecule has 0 fully saturated rings. The standard InChI is InChI=1S/C11H13FN4/c12-9-1-3-10(4-2-9)16-7-8(5-6-13)11(14)15-16/h1-4,7H,5-6,13H2,(H2,14,15). The highest BCUT2D eigenvalue weighted by atomic mass is 19.1. The topological polar surface area (TPSA) is 69.9 Å². The van der Waals surface area contributed by atoms with E-state index in [0.717, 1.165) is 11.3 Å². The maximum atomic E-state index is 12.7. The predicted octanol–water partition coefficient (Wildman–Crippen LogP) is 1.09. The van der Waals surface area contributed by atoms with E-state index in [1.165, 1.54) is 12.1 Å². The number of aromatic nitrogens is 2. The van der Waals surface area contributed by atoms with E-state index in [1.54, 1.807) is 16.8 Å². The number of rotatable bonds is 3. The smallest absolute Gasteiger partial charge is 0.149 e. The summed E-state index contributed by atoms with van der Waals surface area (Å²) >= 11 is 0. The molecule has 1 aromatic heterocycles. The zero-order valence-electron chi connectivity index (χ0n) is 8.73. The molecule has 0 atom stereocenters. The van der Waals surface area contributed by atoms with Gasteiger partial charge in [0.15, 0.2) is 0 Å². The molecule has 0 radical (unpaired) electrons. The van der Waals surface area contributed by atoms with Gasteiger partial charge in [0.2, 0.25) is 0 Å². The van der Waals surface area contributed by atoms with E-state index < -0.39 is 0 Å². The Morgan fingerprint density at radius 2 is 1.94 bits per heavy atom. The number of nitrogens with zero attached hydrogens (tertiary/aromatic N) is 2. The van der Waals surface area contributed by atoms with Gasteiger partial charge in [0.1, 0.15) is 11.6 Å². The van der Waals surface area contributed by atoms with Crippen LogP contribution in [0.25, 0.3) is 5.69 Å². The minimum atomic E-state index is -0.272. The number of nitrogens with two attached hydrogens (primary N) is 2. The zero-order chi connectivity index (χ0) is 11.5. The van der Waals surface area contributed by atoms with E-state index in [4.69, 9.17) is 11.5 Å². The Balaban J connectivity index is 2.33. The molecule has 1 aromatic carbocycles. The molecule has 0 unspecified atom stereocenters. The van der Waals surface area contributed by atoms with Gasteiger partial charge < -0.3 is 11.5 Å². The number of hydrogen-bond donors (Lipinski definition) is 2. The van der Waals surface area contributed by atoms with Gasteiger partial charge in [-0.2, -0.15) is 5.10 Å². The lowest BCUT2D eigenvalue weighted by atomic mass is 10.2. The molecule has 1 heterocycles. The first-order valence-corrected chi connectivity index (χ1v) is 5.00. The molecule has 0 spiro atoms. The summed E-state index contributed by atoms with van der Waals surface area (Å²) in [6, 6.07) is 6.06. The molecular weight excluding hydrogens is 207 g/mol. The average Bonchev–Trinajstić information content (AvgIpc) is 2.62. The van der Waals surface area contributed by atoms with Crippen molar-refractivity contribution in [3.63, 3.8) is 0 Å². The van der Waals surface area contributed by atoms with Gasteiger partial charge in [0.05, 0.1) is 5.69 Å². The van der Waals surface area contributed by atoms with E-state index in [-0.39, 0.29) is 5.82 Å². The highest BCUT2D eigenvalue weighted by Gasteiger charge is 2.06. The van der Waals surface area contributed by atoms with Crippen LogP contribution >= 0.6 is 0 Å². The average molecular weight is 220 g/mol. The van der Waals surface area contributed by atoms with E-state index in [1.807, 2.05) is 6.20 Å². The summed E-state index contributed by atoms with van der Waals surface area (Å²) in [5, 5.41) is 4.15. The van der Waals surface area contributed by atoms with Crippen LogP contribution in [0.1, 0.15) is 5.56 Å². The maximum absolute atomic E-state index is 12.7. The second kappa shape index (κ2) is 4.32. The van der Waals surface area contributed by atoms with Crippen LogP contribution < -0.4 is 11.5 Å². The van der Waals surface area contributed by atoms with Gasteiger partial charge in [-0.15, -0.1) is 0 Å². The van der Waals surface area contributed by atoms with Crippen molar-refractivity contribution in [2.45, 2.75) is 6.42 Å². The van der Waals surface area contributed by atoms with Crippen LogP contribution in [0.4, 0.5) is 10.2 Å². The molecule has 0 aliphatic heterocycles. The molecule has 5 heteroatoms. The number of nitrogen functional groups attached to an aromatic ring is 1. The van der Waals surface area contributed by atoms with Gasteiger partial charge in [0, 0.05) is 11.8 Å². The minimum Gasteiger partial charge on any atom is -0.382 e. The summed E-state index contributed by atoms with van der Waals surface area (Å²) in [6.45, 7) is 0.527. The van der Waals surface area contributed by atoms with E-state index >= 15 is 0 Å². The molecule has 16 heavy (non-hydrogen) atoms. The quantitative estimate of drug-likeness (QED) is 0.813. The highest BCUT2D eigenvalue weighted by Crippen LogP contribution is 2.14. The molecule has 2 rings (SSSR count). The second-order valence-electron chi connectivity index (χ2n) is 3.50. The van der Waals surface area contributed by atoms with Crippen LogP contribution in [0.2, 0.25) is 0 Å². The first-order valence-electron chi connectivity index (χ1n) is 5.00. The Morgan fingerprint density at radius 3 is 2.56 bits per heavy atom. The molecule has 0 saturated carbocycles. The number of hydrogen-bond acceptors (Lipinski definition) is 3. The van der Waals surface area contributed by atoms with Gasteiger partial charge in [-0.25, -0.2) is 9.07 Å². The van der Waals surface area contributed by atoms with E-state index in [0.29, 0.717) is 18.8 Å². The van der Waals surface area contributed by atoms with Gasteiger partial charge in [-0.05, 0) is 37.2 Å². The maximum Gasteiger partial charge on any atom is 0.149 e. The molecule has 0 aliphatic carbocycles. The summed E-state index contributed by atoms with van der Waals surface area (Å²) in [5.74, 6) is 0.195. The van der Waals surface area contributed by atoms with Crippen molar-refractivity contribution in [2.75, 3.05) is 12.3 Å². The largest absolute Gasteiger partial charge is 0.382 e. The third-order valence-electron chi connectivity index (χ3n) is 2.33. The summed E-state index contributed by atoms with van der Waals surface area (Å²) in [6.07, 6.45) is 2.50. The Bertz CT molecular complexity index is 475. The van der Waals surface area contributed by atoms with Crippen molar-refractivity contribution in [1.29, 1.82) is 0 Å². The van der Waals surface area contributed by atoms with Gasteiger partial charge in [-0.3, -0.25) is 0 Å². The van der Waals surface area contributed by atoms with Gasteiger partial charge >= 0.3 is 0 Å². The second-order valence-corrected chi connectivity index (χ2v) is 3.50. The third kappa shape index (κ3) is 2.04. The lowest BCUT2D eigenvalue weighted by molar-refractivity contribution is 0.627. The van der Waals surface area contributed by atoms with Crippen molar-refractivity contribution in [1.82, 2.24) is 9.78 Å². The van der Waals surface area contributed by atoms with Crippen molar-refractivity contribution in [3.8, 4) is 5.69 Å². The third-order valence-corrected chi connectivity index (χ3v) is 2.33. The predicted molar refractivity (Wildman–Crippen MR) is 60.7 cm³/mol. The molecule has 0 bridgehead atoms. The Morgan fingerprint density at radius 1 is 1.25 bits per heavy atom. The fourth-order valence-corrected chi connectivity index (χ4v) is 1.50. The number of halogens is 1. The molecule has 4 N–H and O–H groups in total. The summed E-state index contributed by atoms with van der Waals surface area (Å²) in [4.78, 5) is 0. The Hall–Kier alpha value is -1.88. The first kappa shape index (κ1) is 10.6. The Labute approximate surface area is 92.7 Å². The zero-order valence-corrected chi connectivity index (χ0v) is 8.73. The molecule has 0 saturated heterocycles. The van der Waals surface area contributed by atoms with Crippen LogP contribution in [-0.2, 0) is 6.42 Å². The molecular formula is C11H13FN4. The highest BCUT2D eigenvalue weighted by molar-refractivity contribution is 5.42. The van der Waals surface area contributed by atoms with E-state index in [2.05, 4.69) is 5.10 Å². The van der Waals surface area contributed by atoms with E-state index in [9.17, 15) is 4.39 Å². The van der Waals surface area contributed by atoms with Crippen LogP contribution in [0, 0.1) is 5.82 Å². The normalized spacial score (nSPS) is 10.6. The SMILES string of the molecule is NCCc1cn(-c2ccc(F)cc2)nc1N. The summed E-state index contributed by atoms with van der Waals surface area (Å²) in [7, 11) is 0. The number of benzene rings is 1. The van der Waals surface area contributed by atoms with Crippen LogP contribution in [-0.4, -0.2) is 16.3 Å². The van der Waals surface area contributed by atoms with Crippen molar-refractivity contribution < 1.29 is 4.39 Å². The molecule has 84 valence electrons. The molecule has 2 aromatic rings. The lowest BCUT2D eigenvalue weighted by Crippen LogP contribution is -2.03. The molecule has 0 aliphatic rings. The Kier molecular flexibility index (Phi) is 2.87. The van der Waals surface area contributed by atoms with Crippen molar-refractivity contribution in [2.24, 2.45) is 5.73 Å². The fourth-order valence-electron chi connectivity index (χ4n) is 1.50. The van der Waals surface area contributed by atoms with Crippen molar-refractivity contribution in [3.05, 3.63) is 41.8 Å². The van der Waals surface area contributed by atoms with Gasteiger partial charge in [-0.1, -0.05) is 0 Å². The van der Waals surface area contributed by atoms with Crippen molar-refractivity contribution >= 4 is 5.82 Å². The molecule has 0 amide bonds. The van der Waals surface area contributed by atoms with Crippen LogP contribution in [0.3, 0.4) is 0 Å². The fraction of sp³-hybridized carbons (Fsp3) is 0.182. The monoisotopic (exact) mass is 220 g/mol.